The van der Waals surface area contributed by atoms with Crippen molar-refractivity contribution in [3.63, 3.8) is 0 Å². The molecule has 5 N–H and O–H groups in total. The van der Waals surface area contributed by atoms with Gasteiger partial charge in [0, 0.05) is 37.9 Å². The van der Waals surface area contributed by atoms with E-state index >= 15 is 0 Å². The Morgan fingerprint density at radius 3 is 2.47 bits per heavy atom. The molecule has 1 aromatic heterocycles. The molecule has 34 heavy (non-hydrogen) atoms. The molecule has 9 nitrogen and oxygen atoms in total. The summed E-state index contributed by atoms with van der Waals surface area (Å²) in [6.07, 6.45) is 3.61. The highest BCUT2D eigenvalue weighted by molar-refractivity contribution is 6.33. The number of rotatable bonds is 7. The Morgan fingerprint density at radius 1 is 1.15 bits per heavy atom. The van der Waals surface area contributed by atoms with Crippen LogP contribution < -0.4 is 21.3 Å². The number of anilines is 4. The van der Waals surface area contributed by atoms with Crippen LogP contribution in [0.5, 0.6) is 0 Å². The third-order valence-corrected chi connectivity index (χ3v) is 6.93. The number of nitrogens with one attached hydrogen (secondary N) is 2. The number of amides is 1. The average Bonchev–Trinajstić information content (AvgIpc) is 2.81. The van der Waals surface area contributed by atoms with Gasteiger partial charge in [0.2, 0.25) is 0 Å². The minimum Gasteiger partial charge on any atom is -0.393 e. The minimum absolute atomic E-state index is 0.0979. The number of nitrogens with zero attached hydrogens (tertiary/aromatic N) is 4. The number of aliphatic hydroxyl groups is 1. The van der Waals surface area contributed by atoms with E-state index in [0.29, 0.717) is 34.5 Å². The minimum atomic E-state index is -0.641. The van der Waals surface area contributed by atoms with Gasteiger partial charge in [-0.3, -0.25) is 4.79 Å². The fourth-order valence-corrected chi connectivity index (χ4v) is 4.83. The van der Waals surface area contributed by atoms with Crippen molar-refractivity contribution in [3.8, 4) is 0 Å². The van der Waals surface area contributed by atoms with Crippen molar-refractivity contribution in [2.75, 3.05) is 48.8 Å². The maximum Gasteiger partial charge on any atom is 0.271 e. The molecule has 1 aromatic carbocycles. The summed E-state index contributed by atoms with van der Waals surface area (Å²) in [6, 6.07) is 5.95. The topological polar surface area (TPSA) is 120 Å². The lowest BCUT2D eigenvalue weighted by molar-refractivity contribution is 0.0996. The molecular weight excluding hydrogens is 454 g/mol. The van der Waals surface area contributed by atoms with E-state index in [9.17, 15) is 9.90 Å². The molecule has 0 bridgehead atoms. The maximum absolute atomic E-state index is 12.2. The Hall–Kier alpha value is -2.62. The van der Waals surface area contributed by atoms with Crippen molar-refractivity contribution in [3.05, 3.63) is 34.6 Å². The molecule has 0 unspecified atom stereocenters. The number of carbonyl (C=O) groups is 1. The van der Waals surface area contributed by atoms with Crippen molar-refractivity contribution in [2.24, 2.45) is 5.73 Å². The number of hydrogen-bond acceptors (Lipinski definition) is 8. The van der Waals surface area contributed by atoms with E-state index in [1.54, 1.807) is 0 Å². The van der Waals surface area contributed by atoms with Crippen LogP contribution in [0, 0.1) is 0 Å². The van der Waals surface area contributed by atoms with Crippen molar-refractivity contribution < 1.29 is 9.90 Å². The zero-order valence-corrected chi connectivity index (χ0v) is 20.6. The summed E-state index contributed by atoms with van der Waals surface area (Å²) < 4.78 is 0. The van der Waals surface area contributed by atoms with Gasteiger partial charge in [0.25, 0.3) is 5.91 Å². The van der Waals surface area contributed by atoms with E-state index in [4.69, 9.17) is 22.3 Å². The van der Waals surface area contributed by atoms with Crippen molar-refractivity contribution in [1.82, 2.24) is 14.9 Å². The van der Waals surface area contributed by atoms with Crippen LogP contribution >= 0.6 is 11.6 Å². The number of primary amides is 1. The van der Waals surface area contributed by atoms with Gasteiger partial charge in [0.05, 0.1) is 22.5 Å². The molecule has 10 heteroatoms. The lowest BCUT2D eigenvalue weighted by atomic mass is 9.93. The zero-order chi connectivity index (χ0) is 24.2. The Balaban J connectivity index is 1.57. The third kappa shape index (κ3) is 5.71. The van der Waals surface area contributed by atoms with Crippen molar-refractivity contribution in [1.29, 1.82) is 0 Å². The quantitative estimate of drug-likeness (QED) is 0.470. The molecule has 0 radical (unpaired) electrons. The van der Waals surface area contributed by atoms with Crippen LogP contribution in [-0.4, -0.2) is 71.3 Å². The van der Waals surface area contributed by atoms with Gasteiger partial charge in [-0.15, -0.1) is 0 Å². The standard InChI is InChI=1S/C24H34ClN7O2/c1-3-19-23(27-15-4-7-17(33)8-5-15)30-24(21(29-19)22(26)34)28-16-6-9-20(18(25)14-16)32-12-10-31(2)11-13-32/h6,9,14-15,17,33H,3-5,7-8,10-13H2,1-2H3,(H2,26,34)(H2,27,28,30). The summed E-state index contributed by atoms with van der Waals surface area (Å²) in [6.45, 7) is 5.80. The van der Waals surface area contributed by atoms with E-state index in [2.05, 4.69) is 32.5 Å². The first-order valence-electron chi connectivity index (χ1n) is 12.0. The number of benzene rings is 1. The second-order valence-corrected chi connectivity index (χ2v) is 9.57. The van der Waals surface area contributed by atoms with E-state index in [1.165, 1.54) is 0 Å². The van der Waals surface area contributed by atoms with Gasteiger partial charge in [-0.05, 0) is 57.4 Å². The van der Waals surface area contributed by atoms with Gasteiger partial charge in [-0.25, -0.2) is 9.97 Å². The van der Waals surface area contributed by atoms with Gasteiger partial charge < -0.3 is 31.3 Å². The number of aromatic nitrogens is 2. The summed E-state index contributed by atoms with van der Waals surface area (Å²) >= 11 is 6.63. The van der Waals surface area contributed by atoms with E-state index in [1.807, 2.05) is 25.1 Å². The van der Waals surface area contributed by atoms with Crippen LogP contribution in [0.1, 0.15) is 48.8 Å². The smallest absolute Gasteiger partial charge is 0.271 e. The predicted octanol–water partition coefficient (Wildman–Crippen LogP) is 3.00. The monoisotopic (exact) mass is 487 g/mol. The number of aryl methyl sites for hydroxylation is 1. The SMILES string of the molecule is CCc1nc(C(N)=O)c(Nc2ccc(N3CCN(C)CC3)c(Cl)c2)nc1NC1CCC(O)CC1. The molecule has 2 heterocycles. The number of carbonyl (C=O) groups excluding carboxylic acids is 1. The van der Waals surface area contributed by atoms with Crippen LogP contribution in [0.4, 0.5) is 23.0 Å². The van der Waals surface area contributed by atoms with E-state index in [-0.39, 0.29) is 17.8 Å². The first-order valence-corrected chi connectivity index (χ1v) is 12.4. The number of nitrogens with two attached hydrogens (primary N) is 1. The summed E-state index contributed by atoms with van der Waals surface area (Å²) in [5, 5.41) is 17.1. The van der Waals surface area contributed by atoms with Crippen LogP contribution in [-0.2, 0) is 6.42 Å². The van der Waals surface area contributed by atoms with Gasteiger partial charge in [0.15, 0.2) is 11.5 Å². The summed E-state index contributed by atoms with van der Waals surface area (Å²) in [5.41, 5.74) is 8.12. The highest BCUT2D eigenvalue weighted by Crippen LogP contribution is 2.32. The zero-order valence-electron chi connectivity index (χ0n) is 19.9. The predicted molar refractivity (Wildman–Crippen MR) is 136 cm³/mol. The summed E-state index contributed by atoms with van der Waals surface area (Å²) in [5.74, 6) is 0.292. The fraction of sp³-hybridized carbons (Fsp3) is 0.542. The molecule has 1 saturated heterocycles. The van der Waals surface area contributed by atoms with Gasteiger partial charge in [-0.2, -0.15) is 0 Å². The Labute approximate surface area is 205 Å². The van der Waals surface area contributed by atoms with Gasteiger partial charge >= 0.3 is 0 Å². The van der Waals surface area contributed by atoms with Crippen LogP contribution in [0.3, 0.4) is 0 Å². The molecule has 1 amide bonds. The molecule has 2 aliphatic rings. The molecule has 0 atom stereocenters. The summed E-state index contributed by atoms with van der Waals surface area (Å²) in [7, 11) is 2.12. The first-order chi connectivity index (χ1) is 16.3. The molecule has 1 saturated carbocycles. The Morgan fingerprint density at radius 2 is 1.85 bits per heavy atom. The van der Waals surface area contributed by atoms with Crippen LogP contribution in [0.2, 0.25) is 5.02 Å². The molecule has 184 valence electrons. The number of hydrogen-bond donors (Lipinski definition) is 4. The molecule has 0 spiro atoms. The van der Waals surface area contributed by atoms with Crippen molar-refractivity contribution in [2.45, 2.75) is 51.2 Å². The Kier molecular flexibility index (Phi) is 7.75. The second-order valence-electron chi connectivity index (χ2n) is 9.17. The molecule has 2 fully saturated rings. The molecule has 1 aliphatic carbocycles. The molecule has 4 rings (SSSR count). The van der Waals surface area contributed by atoms with Gasteiger partial charge in [0.1, 0.15) is 5.82 Å². The molecule has 2 aromatic rings. The third-order valence-electron chi connectivity index (χ3n) is 6.63. The number of aliphatic hydroxyl groups excluding tert-OH is 1. The lowest BCUT2D eigenvalue weighted by Crippen LogP contribution is -2.44. The summed E-state index contributed by atoms with van der Waals surface area (Å²) in [4.78, 5) is 26.0. The lowest BCUT2D eigenvalue weighted by Gasteiger charge is -2.34. The highest BCUT2D eigenvalue weighted by atomic mass is 35.5. The largest absolute Gasteiger partial charge is 0.393 e. The van der Waals surface area contributed by atoms with Crippen LogP contribution in [0.25, 0.3) is 0 Å². The first kappa shape index (κ1) is 24.5. The van der Waals surface area contributed by atoms with Crippen LogP contribution in [0.15, 0.2) is 18.2 Å². The van der Waals surface area contributed by atoms with Gasteiger partial charge in [-0.1, -0.05) is 18.5 Å². The maximum atomic E-state index is 12.2. The highest BCUT2D eigenvalue weighted by Gasteiger charge is 2.23. The van der Waals surface area contributed by atoms with E-state index < -0.39 is 5.91 Å². The fourth-order valence-electron chi connectivity index (χ4n) is 4.53. The molecular formula is C24H34ClN7O2. The second kappa shape index (κ2) is 10.8. The van der Waals surface area contributed by atoms with E-state index in [0.717, 1.165) is 57.5 Å². The normalized spacial score (nSPS) is 21.4. The number of likely N-dealkylation sites (N-methyl/N-ethyl adjacent to an activating group) is 1. The molecule has 1 aliphatic heterocycles. The number of piperazine rings is 1. The van der Waals surface area contributed by atoms with Crippen molar-refractivity contribution >= 4 is 40.5 Å². The number of halogens is 1. The average molecular weight is 488 g/mol. The Bertz CT molecular complexity index is 1020.